The number of benzene rings is 2. The summed E-state index contributed by atoms with van der Waals surface area (Å²) in [5.41, 5.74) is 4.53. The number of hydrogen-bond donors (Lipinski definition) is 4. The van der Waals surface area contributed by atoms with Crippen LogP contribution < -0.4 is 16.4 Å². The van der Waals surface area contributed by atoms with Gasteiger partial charge in [-0.05, 0) is 54.7 Å². The van der Waals surface area contributed by atoms with Crippen LogP contribution in [0.2, 0.25) is 0 Å². The highest BCUT2D eigenvalue weighted by Gasteiger charge is 2.49. The van der Waals surface area contributed by atoms with Gasteiger partial charge in [-0.25, -0.2) is 4.68 Å². The first-order valence-corrected chi connectivity index (χ1v) is 19.4. The van der Waals surface area contributed by atoms with E-state index in [0.717, 1.165) is 42.9 Å². The van der Waals surface area contributed by atoms with E-state index in [1.54, 1.807) is 19.9 Å². The van der Waals surface area contributed by atoms with Gasteiger partial charge in [-0.15, -0.1) is 5.10 Å². The van der Waals surface area contributed by atoms with Crippen molar-refractivity contribution in [2.45, 2.75) is 107 Å². The van der Waals surface area contributed by atoms with Crippen LogP contribution in [0.1, 0.15) is 105 Å². The fourth-order valence-electron chi connectivity index (χ4n) is 8.63. The zero-order chi connectivity index (χ0) is 38.9. The second-order valence-corrected chi connectivity index (χ2v) is 16.2. The molecule has 4 amide bonds. The Morgan fingerprint density at radius 1 is 1.00 bits per heavy atom. The molecule has 4 aliphatic rings. The Hall–Kier alpha value is -4.73. The number of nitrogens with one attached hydrogen (secondary N) is 2. The van der Waals surface area contributed by atoms with E-state index < -0.39 is 58.7 Å². The molecular formula is C40H51N7O8. The Kier molecular flexibility index (Phi) is 11.1. The lowest BCUT2D eigenvalue weighted by Crippen LogP contribution is -2.64. The van der Waals surface area contributed by atoms with Crippen molar-refractivity contribution in [3.8, 4) is 0 Å². The number of hydrogen-bond acceptors (Lipinski definition) is 10. The molecule has 15 nitrogen and oxygen atoms in total. The Labute approximate surface area is 319 Å². The number of aliphatic hydroxyl groups is 1. The van der Waals surface area contributed by atoms with Crippen molar-refractivity contribution < 1.29 is 38.6 Å². The van der Waals surface area contributed by atoms with E-state index in [2.05, 4.69) is 33.1 Å². The first-order chi connectivity index (χ1) is 26.3. The smallest absolute Gasteiger partial charge is 0.287 e. The lowest BCUT2D eigenvalue weighted by molar-refractivity contribution is -0.147. The van der Waals surface area contributed by atoms with Gasteiger partial charge < -0.3 is 35.8 Å². The van der Waals surface area contributed by atoms with Crippen LogP contribution in [0.4, 0.5) is 0 Å². The molecule has 55 heavy (non-hydrogen) atoms. The normalized spacial score (nSPS) is 22.5. The third kappa shape index (κ3) is 8.14. The molecule has 3 aliphatic heterocycles. The summed E-state index contributed by atoms with van der Waals surface area (Å²) in [7, 11) is 0. The van der Waals surface area contributed by atoms with Gasteiger partial charge in [0.25, 0.3) is 11.8 Å². The molecule has 2 aromatic carbocycles. The minimum atomic E-state index is -1.59. The second kappa shape index (κ2) is 15.8. The largest absolute Gasteiger partial charge is 0.384 e. The maximum absolute atomic E-state index is 14.9. The van der Waals surface area contributed by atoms with Crippen LogP contribution in [0.3, 0.4) is 0 Å². The van der Waals surface area contributed by atoms with Crippen LogP contribution in [0.5, 0.6) is 0 Å². The number of rotatable bonds is 12. The summed E-state index contributed by atoms with van der Waals surface area (Å²) in [6, 6.07) is 9.01. The van der Waals surface area contributed by atoms with Gasteiger partial charge >= 0.3 is 0 Å². The van der Waals surface area contributed by atoms with Gasteiger partial charge in [0.1, 0.15) is 23.2 Å². The highest BCUT2D eigenvalue weighted by atomic mass is 16.5. The number of ketones is 1. The maximum atomic E-state index is 14.9. The quantitative estimate of drug-likeness (QED) is 0.199. The van der Waals surface area contributed by atoms with Crippen molar-refractivity contribution in [2.24, 2.45) is 11.7 Å². The summed E-state index contributed by atoms with van der Waals surface area (Å²) < 4.78 is 12.3. The molecule has 1 saturated carbocycles. The number of primary amides is 1. The number of amides is 4. The molecule has 294 valence electrons. The van der Waals surface area contributed by atoms with Crippen LogP contribution >= 0.6 is 0 Å². The number of fused-ring (bicyclic) bond motifs is 1. The molecule has 7 rings (SSSR count). The molecule has 3 aromatic rings. The van der Waals surface area contributed by atoms with Crippen LogP contribution in [-0.4, -0.2) is 105 Å². The van der Waals surface area contributed by atoms with Gasteiger partial charge in [0, 0.05) is 50.5 Å². The number of nitrogens with zero attached hydrogens (tertiary/aromatic N) is 4. The number of likely N-dealkylation sites (tertiary alicyclic amines) is 1. The van der Waals surface area contributed by atoms with Crippen LogP contribution in [0, 0.1) is 5.92 Å². The molecule has 0 spiro atoms. The van der Waals surface area contributed by atoms with Crippen molar-refractivity contribution >= 4 is 40.2 Å². The Morgan fingerprint density at radius 3 is 2.38 bits per heavy atom. The average molecular weight is 758 g/mol. The molecule has 4 fully saturated rings. The third-order valence-electron chi connectivity index (χ3n) is 11.9. The van der Waals surface area contributed by atoms with Gasteiger partial charge in [0.05, 0.1) is 31.1 Å². The van der Waals surface area contributed by atoms with Crippen LogP contribution in [0.15, 0.2) is 42.6 Å². The van der Waals surface area contributed by atoms with Gasteiger partial charge in [-0.3, -0.25) is 24.0 Å². The molecule has 3 saturated heterocycles. The van der Waals surface area contributed by atoms with E-state index in [0.29, 0.717) is 36.8 Å². The second-order valence-electron chi connectivity index (χ2n) is 16.2. The molecule has 0 bridgehead atoms. The molecule has 3 atom stereocenters. The van der Waals surface area contributed by atoms with Gasteiger partial charge in [0.2, 0.25) is 17.6 Å². The molecule has 0 radical (unpaired) electrons. The SMILES string of the molecule is CC(C)(O)c1cnnn1[C@H]1C[C@@H](C(=O)NC2(C(=O)C(N)=O)CCOCC2)N(C(=O)C(CC2CCCCC2)NC(=O)c2ccc3cc(C4COC4)ccc3c2)C1. The first kappa shape index (κ1) is 38.5. The predicted molar refractivity (Wildman–Crippen MR) is 200 cm³/mol. The highest BCUT2D eigenvalue weighted by molar-refractivity contribution is 6.39. The summed E-state index contributed by atoms with van der Waals surface area (Å²) in [5, 5.41) is 27.0. The first-order valence-electron chi connectivity index (χ1n) is 19.4. The van der Waals surface area contributed by atoms with Crippen LogP contribution in [0.25, 0.3) is 10.8 Å². The molecule has 15 heteroatoms. The standard InChI is InChI=1S/C40H51N7O8/c1-39(2,53)33-20-42-45-47(33)30-19-32(37(51)44-40(34(48)35(41)49)12-14-54-15-13-40)46(21-30)38(52)31(16-24-6-4-3-5-7-24)43-36(50)28-11-10-25-17-27(29-22-55-23-29)9-8-26(25)18-28/h8-11,17-18,20,24,29-32,53H,3-7,12-16,19,21-23H2,1-2H3,(H2,41,49)(H,43,50)(H,44,51)/t30-,31?,32-/m0/s1. The predicted octanol–water partition coefficient (Wildman–Crippen LogP) is 2.40. The zero-order valence-corrected chi connectivity index (χ0v) is 31.5. The van der Waals surface area contributed by atoms with Crippen molar-refractivity contribution in [1.29, 1.82) is 0 Å². The van der Waals surface area contributed by atoms with Crippen molar-refractivity contribution in [2.75, 3.05) is 33.0 Å². The zero-order valence-electron chi connectivity index (χ0n) is 31.5. The topological polar surface area (TPSA) is 208 Å². The minimum absolute atomic E-state index is 0.0185. The van der Waals surface area contributed by atoms with E-state index in [4.69, 9.17) is 15.2 Å². The van der Waals surface area contributed by atoms with E-state index in [1.807, 2.05) is 18.2 Å². The molecule has 1 unspecified atom stereocenters. The minimum Gasteiger partial charge on any atom is -0.384 e. The lowest BCUT2D eigenvalue weighted by Gasteiger charge is -2.37. The molecule has 1 aromatic heterocycles. The summed E-state index contributed by atoms with van der Waals surface area (Å²) in [4.78, 5) is 70.2. The number of carbonyl (C=O) groups excluding carboxylic acids is 5. The Bertz CT molecular complexity index is 1940. The molecule has 5 N–H and O–H groups in total. The number of carbonyl (C=O) groups is 5. The molecular weight excluding hydrogens is 706 g/mol. The van der Waals surface area contributed by atoms with Crippen molar-refractivity contribution in [1.82, 2.24) is 30.5 Å². The van der Waals surface area contributed by atoms with E-state index in [1.165, 1.54) is 21.3 Å². The third-order valence-corrected chi connectivity index (χ3v) is 11.9. The van der Waals surface area contributed by atoms with Gasteiger partial charge in [-0.2, -0.15) is 0 Å². The van der Waals surface area contributed by atoms with Crippen molar-refractivity contribution in [3.63, 3.8) is 0 Å². The molecule has 4 heterocycles. The molecule has 1 aliphatic carbocycles. The van der Waals surface area contributed by atoms with Gasteiger partial charge in [0.15, 0.2) is 0 Å². The van der Waals surface area contributed by atoms with Gasteiger partial charge in [-0.1, -0.05) is 61.6 Å². The maximum Gasteiger partial charge on any atom is 0.287 e. The summed E-state index contributed by atoms with van der Waals surface area (Å²) in [6.45, 7) is 4.87. The van der Waals surface area contributed by atoms with Crippen LogP contribution in [-0.2, 0) is 34.3 Å². The van der Waals surface area contributed by atoms with E-state index >= 15 is 0 Å². The lowest BCUT2D eigenvalue weighted by atomic mass is 9.84. The Morgan fingerprint density at radius 2 is 1.71 bits per heavy atom. The van der Waals surface area contributed by atoms with Crippen molar-refractivity contribution in [3.05, 3.63) is 59.4 Å². The monoisotopic (exact) mass is 757 g/mol. The Balaban J connectivity index is 1.19. The summed E-state index contributed by atoms with van der Waals surface area (Å²) in [5.74, 6) is -3.03. The average Bonchev–Trinajstić information content (AvgIpc) is 3.83. The number of nitrogens with two attached hydrogens (primary N) is 1. The van der Waals surface area contributed by atoms with E-state index in [9.17, 15) is 29.1 Å². The fraction of sp³-hybridized carbons (Fsp3) is 0.575. The number of ether oxygens (including phenoxy) is 2. The number of Topliss-reactive ketones (excluding diaryl/α,β-unsaturated/α-hetero) is 1. The highest BCUT2D eigenvalue weighted by Crippen LogP contribution is 2.35. The van der Waals surface area contributed by atoms with E-state index in [-0.39, 0.29) is 44.9 Å². The summed E-state index contributed by atoms with van der Waals surface area (Å²) in [6.07, 6.45) is 7.00. The number of aromatic nitrogens is 3. The fourth-order valence-corrected chi connectivity index (χ4v) is 8.63. The summed E-state index contributed by atoms with van der Waals surface area (Å²) >= 11 is 0.